The predicted octanol–water partition coefficient (Wildman–Crippen LogP) is -0.577. The molecule has 1 atom stereocenters. The van der Waals surface area contributed by atoms with E-state index < -0.39 is 0 Å². The number of esters is 1. The lowest BCUT2D eigenvalue weighted by Gasteiger charge is -2.22. The van der Waals surface area contributed by atoms with Gasteiger partial charge in [-0.25, -0.2) is 4.79 Å². The van der Waals surface area contributed by atoms with Crippen LogP contribution in [-0.2, 0) is 9.53 Å². The number of rotatable bonds is 2. The number of likely N-dealkylation sites (N-methyl/N-ethyl adjacent to an activating group) is 3. The summed E-state index contributed by atoms with van der Waals surface area (Å²) in [7, 11) is 7.38. The van der Waals surface area contributed by atoms with Gasteiger partial charge in [0.2, 0.25) is 0 Å². The summed E-state index contributed by atoms with van der Waals surface area (Å²) >= 11 is 0. The van der Waals surface area contributed by atoms with Crippen LogP contribution in [0.25, 0.3) is 0 Å². The Kier molecular flexibility index (Phi) is 3.55. The molecular formula is C10H20N3O2+. The molecule has 0 bridgehead atoms. The molecule has 0 N–H and O–H groups in total. The molecule has 1 rings (SSSR count). The summed E-state index contributed by atoms with van der Waals surface area (Å²) in [5.74, 6) is 0.853. The third-order valence-corrected chi connectivity index (χ3v) is 2.89. The second kappa shape index (κ2) is 4.51. The minimum absolute atomic E-state index is 0.210. The Morgan fingerprint density at radius 3 is 2.67 bits per heavy atom. The molecule has 0 saturated heterocycles. The topological polar surface area (TPSA) is 35.8 Å². The Labute approximate surface area is 90.9 Å². The van der Waals surface area contributed by atoms with Crippen LogP contribution in [0, 0.1) is 0 Å². The summed E-state index contributed by atoms with van der Waals surface area (Å²) in [6.45, 7) is 3.83. The number of methoxy groups -OCH3 is 1. The first-order valence-electron chi connectivity index (χ1n) is 5.09. The van der Waals surface area contributed by atoms with Crippen LogP contribution < -0.4 is 0 Å². The standard InChI is InChI=1S/C10H20N3O2/c1-8(9(14)15-5)13(4)10-11(2)6-7-12(10)3/h8H,6-7H2,1-5H3/q+1/t8-/m0/s1. The summed E-state index contributed by atoms with van der Waals surface area (Å²) < 4.78 is 6.87. The summed E-state index contributed by atoms with van der Waals surface area (Å²) in [5, 5.41) is 0. The zero-order valence-corrected chi connectivity index (χ0v) is 10.1. The second-order valence-corrected chi connectivity index (χ2v) is 3.95. The maximum atomic E-state index is 11.4. The summed E-state index contributed by atoms with van der Waals surface area (Å²) in [4.78, 5) is 15.5. The molecule has 0 unspecified atom stereocenters. The third-order valence-electron chi connectivity index (χ3n) is 2.89. The van der Waals surface area contributed by atoms with Gasteiger partial charge in [0, 0.05) is 0 Å². The van der Waals surface area contributed by atoms with E-state index in [1.54, 1.807) is 0 Å². The van der Waals surface area contributed by atoms with Crippen molar-refractivity contribution >= 4 is 11.9 Å². The van der Waals surface area contributed by atoms with Crippen molar-refractivity contribution in [3.63, 3.8) is 0 Å². The van der Waals surface area contributed by atoms with E-state index in [0.717, 1.165) is 19.0 Å². The van der Waals surface area contributed by atoms with Crippen LogP contribution >= 0.6 is 0 Å². The number of ether oxygens (including phenoxy) is 1. The van der Waals surface area contributed by atoms with Crippen molar-refractivity contribution in [2.45, 2.75) is 13.0 Å². The van der Waals surface area contributed by atoms with Gasteiger partial charge in [-0.2, -0.15) is 0 Å². The Morgan fingerprint density at radius 1 is 1.67 bits per heavy atom. The summed E-state index contributed by atoms with van der Waals surface area (Å²) in [6, 6.07) is -0.256. The lowest BCUT2D eigenvalue weighted by atomic mass is 10.3. The highest BCUT2D eigenvalue weighted by molar-refractivity contribution is 5.83. The molecule has 0 aromatic carbocycles. The van der Waals surface area contributed by atoms with Crippen LogP contribution in [0.15, 0.2) is 0 Å². The van der Waals surface area contributed by atoms with Crippen molar-refractivity contribution in [1.29, 1.82) is 0 Å². The molecule has 5 nitrogen and oxygen atoms in total. The van der Waals surface area contributed by atoms with E-state index in [4.69, 9.17) is 4.74 Å². The zero-order valence-electron chi connectivity index (χ0n) is 10.1. The first-order valence-corrected chi connectivity index (χ1v) is 5.09. The van der Waals surface area contributed by atoms with Crippen molar-refractivity contribution in [2.75, 3.05) is 41.3 Å². The second-order valence-electron chi connectivity index (χ2n) is 3.95. The van der Waals surface area contributed by atoms with Crippen molar-refractivity contribution in [2.24, 2.45) is 0 Å². The molecule has 15 heavy (non-hydrogen) atoms. The van der Waals surface area contributed by atoms with Crippen LogP contribution in [0.1, 0.15) is 6.92 Å². The van der Waals surface area contributed by atoms with Gasteiger partial charge in [0.1, 0.15) is 0 Å². The summed E-state index contributed by atoms with van der Waals surface area (Å²) in [5.41, 5.74) is 0. The van der Waals surface area contributed by atoms with Crippen LogP contribution in [0.3, 0.4) is 0 Å². The SMILES string of the molecule is COC(=O)[C@H](C)N(C)C1=[N+](C)CCN1C. The van der Waals surface area contributed by atoms with E-state index in [-0.39, 0.29) is 12.0 Å². The Balaban J connectivity index is 2.80. The minimum atomic E-state index is -0.256. The number of guanidine groups is 1. The lowest BCUT2D eigenvalue weighted by Crippen LogP contribution is -2.48. The largest absolute Gasteiger partial charge is 0.466 e. The quantitative estimate of drug-likeness (QED) is 0.455. The first-order chi connectivity index (χ1) is 6.99. The van der Waals surface area contributed by atoms with E-state index in [1.165, 1.54) is 7.11 Å². The van der Waals surface area contributed by atoms with E-state index >= 15 is 0 Å². The third kappa shape index (κ3) is 2.22. The molecule has 1 aliphatic heterocycles. The highest BCUT2D eigenvalue weighted by Crippen LogP contribution is 2.06. The summed E-state index contributed by atoms with van der Waals surface area (Å²) in [6.07, 6.45) is 0. The Morgan fingerprint density at radius 2 is 2.27 bits per heavy atom. The van der Waals surface area contributed by atoms with E-state index in [9.17, 15) is 4.79 Å². The zero-order chi connectivity index (χ0) is 11.6. The van der Waals surface area contributed by atoms with Gasteiger partial charge >= 0.3 is 11.9 Å². The van der Waals surface area contributed by atoms with Gasteiger partial charge in [-0.3, -0.25) is 14.4 Å². The van der Waals surface area contributed by atoms with Gasteiger partial charge in [-0.1, -0.05) is 0 Å². The minimum Gasteiger partial charge on any atom is -0.466 e. The fourth-order valence-electron chi connectivity index (χ4n) is 1.83. The molecule has 5 heteroatoms. The number of hydrogen-bond donors (Lipinski definition) is 0. The molecule has 86 valence electrons. The van der Waals surface area contributed by atoms with Gasteiger partial charge in [0.05, 0.1) is 41.3 Å². The van der Waals surface area contributed by atoms with Crippen molar-refractivity contribution in [3.8, 4) is 0 Å². The van der Waals surface area contributed by atoms with Crippen molar-refractivity contribution < 1.29 is 14.1 Å². The van der Waals surface area contributed by atoms with Crippen molar-refractivity contribution in [3.05, 3.63) is 0 Å². The molecule has 1 aliphatic rings. The fourth-order valence-corrected chi connectivity index (χ4v) is 1.83. The molecule has 0 aromatic heterocycles. The average molecular weight is 214 g/mol. The van der Waals surface area contributed by atoms with E-state index in [2.05, 4.69) is 9.48 Å². The maximum Gasteiger partial charge on any atom is 0.350 e. The predicted molar refractivity (Wildman–Crippen MR) is 57.9 cm³/mol. The lowest BCUT2D eigenvalue weighted by molar-refractivity contribution is -0.491. The van der Waals surface area contributed by atoms with Crippen LogP contribution in [0.2, 0.25) is 0 Å². The van der Waals surface area contributed by atoms with Crippen LogP contribution in [0.5, 0.6) is 0 Å². The van der Waals surface area contributed by atoms with Gasteiger partial charge < -0.3 is 4.74 Å². The van der Waals surface area contributed by atoms with Crippen molar-refractivity contribution in [1.82, 2.24) is 9.80 Å². The highest BCUT2D eigenvalue weighted by Gasteiger charge is 2.34. The highest BCUT2D eigenvalue weighted by atomic mass is 16.5. The number of carbonyl (C=O) groups excluding carboxylic acids is 1. The Bertz CT molecular complexity index is 288. The first kappa shape index (κ1) is 11.8. The van der Waals surface area contributed by atoms with E-state index in [1.807, 2.05) is 33.0 Å². The van der Waals surface area contributed by atoms with Crippen LogP contribution in [-0.4, -0.2) is 73.7 Å². The molecule has 0 saturated carbocycles. The van der Waals surface area contributed by atoms with Gasteiger partial charge in [-0.15, -0.1) is 0 Å². The molecule has 0 amide bonds. The normalized spacial score (nSPS) is 18.1. The maximum absolute atomic E-state index is 11.4. The molecule has 0 fully saturated rings. The molecule has 1 heterocycles. The Hall–Kier alpha value is -1.26. The molecular weight excluding hydrogens is 194 g/mol. The van der Waals surface area contributed by atoms with Gasteiger partial charge in [0.25, 0.3) is 0 Å². The molecule has 0 aliphatic carbocycles. The molecule has 0 aromatic rings. The average Bonchev–Trinajstić information content (AvgIpc) is 2.55. The monoisotopic (exact) mass is 214 g/mol. The molecule has 0 spiro atoms. The van der Waals surface area contributed by atoms with Gasteiger partial charge in [0.15, 0.2) is 6.04 Å². The van der Waals surface area contributed by atoms with E-state index in [0.29, 0.717) is 0 Å². The number of nitrogens with zero attached hydrogens (tertiary/aromatic N) is 3. The number of hydrogen-bond acceptors (Lipinski definition) is 4. The molecule has 0 radical (unpaired) electrons. The smallest absolute Gasteiger partial charge is 0.350 e. The number of carbonyl (C=O) groups is 1. The van der Waals surface area contributed by atoms with Crippen LogP contribution in [0.4, 0.5) is 0 Å². The fraction of sp³-hybridized carbons (Fsp3) is 0.800. The van der Waals surface area contributed by atoms with Gasteiger partial charge in [-0.05, 0) is 6.92 Å².